The topological polar surface area (TPSA) is 146 Å². The molecule has 0 atom stereocenters. The molecular weight excluding hydrogens is 1280 g/mol. The van der Waals surface area contributed by atoms with Gasteiger partial charge in [0.25, 0.3) is 0 Å². The number of rotatable bonds is 16. The van der Waals surface area contributed by atoms with Gasteiger partial charge in [-0.2, -0.15) is 0 Å². The first kappa shape index (κ1) is 64.6. The molecule has 12 aromatic carbocycles. The molecule has 0 saturated heterocycles. The van der Waals surface area contributed by atoms with Crippen LogP contribution in [-0.4, -0.2) is 39.9 Å². The van der Waals surface area contributed by atoms with Crippen molar-refractivity contribution in [1.29, 1.82) is 0 Å². The number of H-pyrrole nitrogens is 2. The van der Waals surface area contributed by atoms with Crippen molar-refractivity contribution >= 4 is 44.1 Å². The van der Waals surface area contributed by atoms with E-state index in [1.807, 2.05) is 146 Å². The number of nitrogens with zero attached hydrogens (tertiary/aromatic N) is 6. The maximum absolute atomic E-state index is 8.10. The average Bonchev–Trinajstić information content (AvgIpc) is 1.52. The SMILES string of the molecule is CC(C)(c1ccccc1)c1ccccc1Oc1c(Oc2ccccc2C(C)(C)c2ccccc2)c(Oc2ccccc2C(C)(C)c2ccccc2)c2c3nc4nc(nc5[nH]c(nc6nc(nc([nH]3)c2c1Oc1ccccc1C(C)(C)c1ccccc1)-c1ccccc1-6)c1ccccc51)-c1ccccc1-4. The predicted octanol–water partition coefficient (Wildman–Crippen LogP) is 23.3. The van der Waals surface area contributed by atoms with Crippen molar-refractivity contribution < 1.29 is 18.9 Å². The predicted molar refractivity (Wildman–Crippen MR) is 416 cm³/mol. The van der Waals surface area contributed by atoms with Gasteiger partial charge in [-0.1, -0.05) is 322 Å². The van der Waals surface area contributed by atoms with Crippen LogP contribution in [0.25, 0.3) is 89.7 Å². The Labute approximate surface area is 603 Å². The zero-order valence-corrected chi connectivity index (χ0v) is 59.0. The highest BCUT2D eigenvalue weighted by Crippen LogP contribution is 2.60. The number of hydrogen-bond acceptors (Lipinski definition) is 10. The second-order valence-electron chi connectivity index (χ2n) is 28.7. The molecule has 0 aliphatic carbocycles. The summed E-state index contributed by atoms with van der Waals surface area (Å²) in [5.74, 6) is 4.65. The van der Waals surface area contributed by atoms with E-state index in [1.54, 1.807) is 0 Å². The Morgan fingerprint density at radius 2 is 0.442 bits per heavy atom. The maximum atomic E-state index is 8.10. The summed E-state index contributed by atoms with van der Waals surface area (Å²) in [7, 11) is 0. The minimum Gasteiger partial charge on any atom is -0.452 e. The number of hydrogen-bond donors (Lipinski definition) is 2. The zero-order valence-electron chi connectivity index (χ0n) is 59.0. The molecule has 0 unspecified atom stereocenters. The minimum absolute atomic E-state index is 0.180. The third-order valence-corrected chi connectivity index (χ3v) is 20.9. The Balaban J connectivity index is 1.09. The molecule has 104 heavy (non-hydrogen) atoms. The van der Waals surface area contributed by atoms with Crippen LogP contribution in [0.5, 0.6) is 46.0 Å². The van der Waals surface area contributed by atoms with E-state index in [0.717, 1.165) is 77.5 Å². The summed E-state index contributed by atoms with van der Waals surface area (Å²) in [5, 5.41) is 2.60. The Bertz CT molecular complexity index is 5650. The van der Waals surface area contributed by atoms with Crippen molar-refractivity contribution in [1.82, 2.24) is 39.9 Å². The molecule has 0 saturated carbocycles. The van der Waals surface area contributed by atoms with Crippen LogP contribution in [0.4, 0.5) is 0 Å². The summed E-state index contributed by atoms with van der Waals surface area (Å²) in [6.45, 7) is 17.8. The van der Waals surface area contributed by atoms with Crippen LogP contribution in [0.15, 0.2) is 291 Å². The third-order valence-electron chi connectivity index (χ3n) is 20.9. The number of fused-ring (bicyclic) bond motifs is 20. The van der Waals surface area contributed by atoms with Crippen LogP contribution in [0.3, 0.4) is 0 Å². The van der Waals surface area contributed by atoms with E-state index in [0.29, 0.717) is 79.7 Å². The van der Waals surface area contributed by atoms with Gasteiger partial charge in [0.1, 0.15) is 45.6 Å². The standard InChI is InChI=1S/C92H74N8O4/c1-89(2,57-35-13-9-14-36-57)67-49-27-31-53-71(67)101-77-75-76(88-99-86-66-48-26-24-46-64(66)84(97-86)95-82-62-44-22-21-43-61(62)81(93-82)94-83-63-45-23-25-47-65(63)85(96-83)98-87(75)100-88)78(102-72-54-32-28-50-68(72)90(3,4)58-37-15-10-16-38-58)80(104-74-56-34-30-52-70(74)92(7,8)60-41-19-12-20-42-60)79(77)103-73-55-33-29-51-69(73)91(5,6)59-39-17-11-18-40-59/h9-56H,1-8H3,(H2,93,94,95,96,97,98,99,100). The summed E-state index contributed by atoms with van der Waals surface area (Å²) in [6.07, 6.45) is 0. The second kappa shape index (κ2) is 25.7. The largest absolute Gasteiger partial charge is 0.452 e. The van der Waals surface area contributed by atoms with Gasteiger partial charge in [0.05, 0.1) is 10.8 Å². The fourth-order valence-corrected chi connectivity index (χ4v) is 14.9. The van der Waals surface area contributed by atoms with Gasteiger partial charge in [0.15, 0.2) is 34.8 Å². The Morgan fingerprint density at radius 1 is 0.221 bits per heavy atom. The van der Waals surface area contributed by atoms with Crippen LogP contribution in [-0.2, 0) is 21.7 Å². The Hall–Kier alpha value is -12.8. The van der Waals surface area contributed by atoms with Crippen molar-refractivity contribution in [3.8, 4) is 91.5 Å². The number of aromatic nitrogens is 8. The number of benzene rings is 12. The number of aromatic amines is 2. The lowest BCUT2D eigenvalue weighted by Crippen LogP contribution is -2.20. The third kappa shape index (κ3) is 11.3. The minimum atomic E-state index is -0.631. The van der Waals surface area contributed by atoms with E-state index < -0.39 is 21.7 Å². The van der Waals surface area contributed by atoms with Crippen molar-refractivity contribution in [3.05, 3.63) is 336 Å². The summed E-state index contributed by atoms with van der Waals surface area (Å²) in [6, 6.07) is 99.0. The molecule has 15 aromatic rings. The van der Waals surface area contributed by atoms with Crippen molar-refractivity contribution in [2.24, 2.45) is 0 Å². The number of nitrogens with one attached hydrogen (secondary N) is 2. The van der Waals surface area contributed by atoms with Crippen molar-refractivity contribution in [2.45, 2.75) is 77.0 Å². The molecule has 0 fully saturated rings. The van der Waals surface area contributed by atoms with E-state index in [9.17, 15) is 0 Å². The van der Waals surface area contributed by atoms with Crippen molar-refractivity contribution in [2.75, 3.05) is 0 Å². The monoisotopic (exact) mass is 1350 g/mol. The molecular formula is C92H74N8O4. The van der Waals surface area contributed by atoms with Gasteiger partial charge in [0, 0.05) is 76.9 Å². The summed E-state index contributed by atoms with van der Waals surface area (Å²) in [5.41, 5.74) is 10.2. The van der Waals surface area contributed by atoms with Gasteiger partial charge in [-0.3, -0.25) is 0 Å². The molecule has 2 aliphatic rings. The fourth-order valence-electron chi connectivity index (χ4n) is 14.9. The lowest BCUT2D eigenvalue weighted by Gasteiger charge is -2.31. The summed E-state index contributed by atoms with van der Waals surface area (Å²) in [4.78, 5) is 40.6. The average molecular weight is 1360 g/mol. The van der Waals surface area contributed by atoms with E-state index in [-0.39, 0.29) is 23.0 Å². The second-order valence-corrected chi connectivity index (χ2v) is 28.7. The molecule has 0 amide bonds. The van der Waals surface area contributed by atoms with E-state index in [4.69, 9.17) is 48.9 Å². The highest BCUT2D eigenvalue weighted by atomic mass is 16.6. The Morgan fingerprint density at radius 3 is 0.731 bits per heavy atom. The normalized spacial score (nSPS) is 12.2. The highest BCUT2D eigenvalue weighted by molar-refractivity contribution is 6.15. The van der Waals surface area contributed by atoms with Gasteiger partial charge >= 0.3 is 0 Å². The van der Waals surface area contributed by atoms with E-state index >= 15 is 0 Å². The van der Waals surface area contributed by atoms with E-state index in [1.165, 1.54) is 0 Å². The zero-order chi connectivity index (χ0) is 70.9. The van der Waals surface area contributed by atoms with Crippen LogP contribution < -0.4 is 18.9 Å². The number of ether oxygens (including phenoxy) is 4. The van der Waals surface area contributed by atoms with Gasteiger partial charge < -0.3 is 28.9 Å². The summed E-state index contributed by atoms with van der Waals surface area (Å²) >= 11 is 0. The molecule has 3 aromatic heterocycles. The van der Waals surface area contributed by atoms with Crippen molar-refractivity contribution in [3.63, 3.8) is 0 Å². The van der Waals surface area contributed by atoms with Crippen LogP contribution in [0.2, 0.25) is 0 Å². The van der Waals surface area contributed by atoms with Crippen LogP contribution >= 0.6 is 0 Å². The molecule has 0 radical (unpaired) electrons. The quantitative estimate of drug-likeness (QED) is 0.0959. The fraction of sp³-hybridized carbons (Fsp3) is 0.130. The van der Waals surface area contributed by atoms with Gasteiger partial charge in [-0.25, -0.2) is 29.9 Å². The molecule has 12 nitrogen and oxygen atoms in total. The first-order valence-electron chi connectivity index (χ1n) is 35.3. The van der Waals surface area contributed by atoms with Crippen LogP contribution in [0, 0.1) is 0 Å². The molecule has 5 heterocycles. The van der Waals surface area contributed by atoms with Gasteiger partial charge in [-0.15, -0.1) is 0 Å². The number of para-hydroxylation sites is 4. The smallest absolute Gasteiger partial charge is 0.217 e. The maximum Gasteiger partial charge on any atom is 0.217 e. The first-order valence-corrected chi connectivity index (χ1v) is 35.3. The molecule has 8 bridgehead atoms. The van der Waals surface area contributed by atoms with Gasteiger partial charge in [0.2, 0.25) is 11.5 Å². The molecule has 0 spiro atoms. The molecule has 12 heteroatoms. The molecule has 2 aliphatic heterocycles. The summed E-state index contributed by atoms with van der Waals surface area (Å²) < 4.78 is 32.4. The van der Waals surface area contributed by atoms with E-state index in [2.05, 4.69) is 211 Å². The van der Waals surface area contributed by atoms with Crippen LogP contribution in [0.1, 0.15) is 99.9 Å². The molecule has 506 valence electrons. The molecule has 2 N–H and O–H groups in total. The Kier molecular flexibility index (Phi) is 15.9. The highest BCUT2D eigenvalue weighted by Gasteiger charge is 2.38. The molecule has 17 rings (SSSR count). The lowest BCUT2D eigenvalue weighted by atomic mass is 9.77. The lowest BCUT2D eigenvalue weighted by molar-refractivity contribution is 0.360. The first-order chi connectivity index (χ1) is 50.6. The van der Waals surface area contributed by atoms with Gasteiger partial charge in [-0.05, 0) is 46.5 Å².